The Kier molecular flexibility index (Phi) is 6.51. The summed E-state index contributed by atoms with van der Waals surface area (Å²) in [5, 5.41) is 5.02. The molecule has 1 heterocycles. The fraction of sp³-hybridized carbons (Fsp3) is 0.0400. The SMILES string of the molecule is O=C(N/N=C/c1ccc(-c2ccc(Cl)c(Cl)c2)o1)C(c1ccccc1)c1ccccc1. The molecule has 154 valence electrons. The van der Waals surface area contributed by atoms with E-state index in [2.05, 4.69) is 10.5 Å². The first-order valence-electron chi connectivity index (χ1n) is 9.60. The molecule has 0 saturated heterocycles. The van der Waals surface area contributed by atoms with Crippen molar-refractivity contribution in [1.82, 2.24) is 5.43 Å². The van der Waals surface area contributed by atoms with Crippen molar-refractivity contribution in [3.8, 4) is 11.3 Å². The van der Waals surface area contributed by atoms with E-state index in [1.54, 1.807) is 24.3 Å². The maximum Gasteiger partial charge on any atom is 0.252 e. The molecule has 0 fully saturated rings. The van der Waals surface area contributed by atoms with E-state index in [1.165, 1.54) is 6.21 Å². The molecule has 4 rings (SSSR count). The minimum absolute atomic E-state index is 0.232. The van der Waals surface area contributed by atoms with E-state index in [-0.39, 0.29) is 5.91 Å². The Balaban J connectivity index is 1.49. The topological polar surface area (TPSA) is 54.6 Å². The van der Waals surface area contributed by atoms with Crippen molar-refractivity contribution in [2.45, 2.75) is 5.92 Å². The van der Waals surface area contributed by atoms with Crippen LogP contribution in [-0.4, -0.2) is 12.1 Å². The first-order chi connectivity index (χ1) is 15.1. The van der Waals surface area contributed by atoms with Crippen molar-refractivity contribution < 1.29 is 9.21 Å². The predicted molar refractivity (Wildman–Crippen MR) is 125 cm³/mol. The van der Waals surface area contributed by atoms with Gasteiger partial charge in [-0.15, -0.1) is 0 Å². The standard InChI is InChI=1S/C25H18Cl2N2O2/c26-21-13-11-19(15-22(21)27)23-14-12-20(31-23)16-28-29-25(30)24(17-7-3-1-4-8-17)18-9-5-2-6-10-18/h1-16,24H,(H,29,30)/b28-16+. The second kappa shape index (κ2) is 9.65. The zero-order chi connectivity index (χ0) is 21.6. The van der Waals surface area contributed by atoms with Crippen LogP contribution in [0.4, 0.5) is 0 Å². The molecule has 0 aliphatic rings. The summed E-state index contributed by atoms with van der Waals surface area (Å²) in [6.07, 6.45) is 1.46. The van der Waals surface area contributed by atoms with Crippen LogP contribution in [0.15, 0.2) is 101 Å². The van der Waals surface area contributed by atoms with Crippen molar-refractivity contribution in [1.29, 1.82) is 0 Å². The van der Waals surface area contributed by atoms with Gasteiger partial charge in [0.15, 0.2) is 0 Å². The van der Waals surface area contributed by atoms with Crippen molar-refractivity contribution in [2.24, 2.45) is 5.10 Å². The third kappa shape index (κ3) is 5.05. The maximum absolute atomic E-state index is 12.9. The number of hydrogen-bond acceptors (Lipinski definition) is 3. The van der Waals surface area contributed by atoms with E-state index in [9.17, 15) is 4.79 Å². The third-order valence-corrected chi connectivity index (χ3v) is 5.46. The number of nitrogens with one attached hydrogen (secondary N) is 1. The van der Waals surface area contributed by atoms with Crippen LogP contribution in [0.1, 0.15) is 22.8 Å². The molecular formula is C25H18Cl2N2O2. The second-order valence-corrected chi connectivity index (χ2v) is 7.63. The molecule has 4 nitrogen and oxygen atoms in total. The van der Waals surface area contributed by atoms with Crippen LogP contribution >= 0.6 is 23.2 Å². The second-order valence-electron chi connectivity index (χ2n) is 6.82. The molecule has 3 aromatic carbocycles. The van der Waals surface area contributed by atoms with Gasteiger partial charge in [0.2, 0.25) is 0 Å². The van der Waals surface area contributed by atoms with Crippen molar-refractivity contribution >= 4 is 35.3 Å². The summed E-state index contributed by atoms with van der Waals surface area (Å²) in [6.45, 7) is 0. The first-order valence-corrected chi connectivity index (χ1v) is 10.4. The third-order valence-electron chi connectivity index (χ3n) is 4.73. The molecule has 6 heteroatoms. The van der Waals surface area contributed by atoms with Gasteiger partial charge >= 0.3 is 0 Å². The first kappa shape index (κ1) is 20.9. The van der Waals surface area contributed by atoms with E-state index < -0.39 is 5.92 Å². The maximum atomic E-state index is 12.9. The van der Waals surface area contributed by atoms with Crippen LogP contribution in [0, 0.1) is 0 Å². The van der Waals surface area contributed by atoms with Gasteiger partial charge in [-0.25, -0.2) is 5.43 Å². The van der Waals surface area contributed by atoms with Gasteiger partial charge in [-0.2, -0.15) is 5.10 Å². The highest BCUT2D eigenvalue weighted by atomic mass is 35.5. The van der Waals surface area contributed by atoms with Gasteiger partial charge in [0.25, 0.3) is 5.91 Å². The van der Waals surface area contributed by atoms with Gasteiger partial charge in [-0.1, -0.05) is 83.9 Å². The number of furan rings is 1. The summed E-state index contributed by atoms with van der Waals surface area (Å²) in [5.74, 6) is 0.419. The van der Waals surface area contributed by atoms with E-state index in [1.807, 2.05) is 66.7 Å². The summed E-state index contributed by atoms with van der Waals surface area (Å²) in [4.78, 5) is 12.9. The van der Waals surface area contributed by atoms with E-state index >= 15 is 0 Å². The summed E-state index contributed by atoms with van der Waals surface area (Å²) < 4.78 is 5.77. The van der Waals surface area contributed by atoms with Crippen LogP contribution in [-0.2, 0) is 4.79 Å². The van der Waals surface area contributed by atoms with Gasteiger partial charge < -0.3 is 4.42 Å². The lowest BCUT2D eigenvalue weighted by atomic mass is 9.91. The van der Waals surface area contributed by atoms with Gasteiger partial charge in [0.05, 0.1) is 22.2 Å². The number of carbonyl (C=O) groups is 1. The number of amides is 1. The highest BCUT2D eigenvalue weighted by molar-refractivity contribution is 6.42. The summed E-state index contributed by atoms with van der Waals surface area (Å²) in [6, 6.07) is 28.0. The Labute approximate surface area is 190 Å². The highest BCUT2D eigenvalue weighted by Crippen LogP contribution is 2.29. The molecule has 0 radical (unpaired) electrons. The molecule has 0 aliphatic carbocycles. The Morgan fingerprint density at radius 1 is 0.839 bits per heavy atom. The smallest absolute Gasteiger partial charge is 0.252 e. The molecule has 0 saturated carbocycles. The zero-order valence-electron chi connectivity index (χ0n) is 16.3. The largest absolute Gasteiger partial charge is 0.455 e. The van der Waals surface area contributed by atoms with Gasteiger partial charge in [-0.3, -0.25) is 4.79 Å². The van der Waals surface area contributed by atoms with Crippen LogP contribution < -0.4 is 5.43 Å². The number of hydrogen-bond donors (Lipinski definition) is 1. The molecule has 1 N–H and O–H groups in total. The van der Waals surface area contributed by atoms with Crippen LogP contribution in [0.25, 0.3) is 11.3 Å². The summed E-state index contributed by atoms with van der Waals surface area (Å²) in [5.41, 5.74) is 5.20. The molecule has 1 aromatic heterocycles. The lowest BCUT2D eigenvalue weighted by Gasteiger charge is -2.16. The van der Waals surface area contributed by atoms with Crippen LogP contribution in [0.3, 0.4) is 0 Å². The molecule has 1 amide bonds. The monoisotopic (exact) mass is 448 g/mol. The van der Waals surface area contributed by atoms with E-state index in [0.717, 1.165) is 16.7 Å². The Morgan fingerprint density at radius 3 is 2.10 bits per heavy atom. The van der Waals surface area contributed by atoms with Gasteiger partial charge in [0, 0.05) is 5.56 Å². The highest BCUT2D eigenvalue weighted by Gasteiger charge is 2.22. The molecule has 4 aromatic rings. The molecule has 0 aliphatic heterocycles. The number of hydrazone groups is 1. The number of benzene rings is 3. The minimum atomic E-state index is -0.470. The predicted octanol–water partition coefficient (Wildman–Crippen LogP) is 6.54. The van der Waals surface area contributed by atoms with Crippen molar-refractivity contribution in [3.63, 3.8) is 0 Å². The van der Waals surface area contributed by atoms with Crippen LogP contribution in [0.5, 0.6) is 0 Å². The number of nitrogens with zero attached hydrogens (tertiary/aromatic N) is 1. The zero-order valence-corrected chi connectivity index (χ0v) is 17.8. The molecular weight excluding hydrogens is 431 g/mol. The fourth-order valence-corrected chi connectivity index (χ4v) is 3.54. The number of rotatable bonds is 6. The summed E-state index contributed by atoms with van der Waals surface area (Å²) >= 11 is 12.0. The number of halogens is 2. The molecule has 0 unspecified atom stereocenters. The summed E-state index contributed by atoms with van der Waals surface area (Å²) in [7, 11) is 0. The lowest BCUT2D eigenvalue weighted by molar-refractivity contribution is -0.121. The van der Waals surface area contributed by atoms with Gasteiger partial charge in [0.1, 0.15) is 11.5 Å². The Morgan fingerprint density at radius 2 is 1.48 bits per heavy atom. The lowest BCUT2D eigenvalue weighted by Crippen LogP contribution is -2.26. The molecule has 0 bridgehead atoms. The van der Waals surface area contributed by atoms with Gasteiger partial charge in [-0.05, 0) is 41.5 Å². The average molecular weight is 449 g/mol. The fourth-order valence-electron chi connectivity index (χ4n) is 3.24. The Bertz CT molecular complexity index is 1170. The van der Waals surface area contributed by atoms with Crippen molar-refractivity contribution in [2.75, 3.05) is 0 Å². The molecule has 0 atom stereocenters. The molecule has 31 heavy (non-hydrogen) atoms. The Hall–Kier alpha value is -3.34. The van der Waals surface area contributed by atoms with E-state index in [0.29, 0.717) is 21.6 Å². The van der Waals surface area contributed by atoms with Crippen LogP contribution in [0.2, 0.25) is 10.0 Å². The number of carbonyl (C=O) groups excluding carboxylic acids is 1. The minimum Gasteiger partial charge on any atom is -0.455 e. The average Bonchev–Trinajstić information content (AvgIpc) is 3.26. The quantitative estimate of drug-likeness (QED) is 0.269. The normalized spacial score (nSPS) is 11.2. The molecule has 0 spiro atoms. The van der Waals surface area contributed by atoms with Crippen molar-refractivity contribution in [3.05, 3.63) is 118 Å². The van der Waals surface area contributed by atoms with E-state index in [4.69, 9.17) is 27.6 Å².